The van der Waals surface area contributed by atoms with Gasteiger partial charge in [0.25, 0.3) is 5.91 Å². The Morgan fingerprint density at radius 3 is 2.67 bits per heavy atom. The second-order valence-corrected chi connectivity index (χ2v) is 5.33. The molecule has 0 saturated carbocycles. The number of halogens is 2. The topological polar surface area (TPSA) is 33.2 Å². The molecule has 0 bridgehead atoms. The molecule has 0 radical (unpaired) electrons. The average Bonchev–Trinajstić information content (AvgIpc) is 2.36. The van der Waals surface area contributed by atoms with E-state index in [0.717, 1.165) is 25.8 Å². The van der Waals surface area contributed by atoms with Crippen LogP contribution in [0.3, 0.4) is 0 Å². The average molecular weight is 287 g/mol. The Hall–Kier alpha value is -0.800. The summed E-state index contributed by atoms with van der Waals surface area (Å²) in [5.74, 6) is 0.00718. The van der Waals surface area contributed by atoms with Gasteiger partial charge in [-0.25, -0.2) is 4.98 Å². The molecule has 1 aliphatic heterocycles. The molecular weight excluding hydrogens is 271 g/mol. The van der Waals surface area contributed by atoms with Crippen LogP contribution in [0.25, 0.3) is 0 Å². The first kappa shape index (κ1) is 13.6. The van der Waals surface area contributed by atoms with E-state index in [9.17, 15) is 4.79 Å². The number of pyridine rings is 1. The third kappa shape index (κ3) is 2.96. The highest BCUT2D eigenvalue weighted by Gasteiger charge is 2.26. The van der Waals surface area contributed by atoms with E-state index in [4.69, 9.17) is 23.2 Å². The van der Waals surface area contributed by atoms with Gasteiger partial charge < -0.3 is 4.90 Å². The lowest BCUT2D eigenvalue weighted by Gasteiger charge is -2.35. The quantitative estimate of drug-likeness (QED) is 0.775. The minimum absolute atomic E-state index is 0.00718. The first-order valence-electron chi connectivity index (χ1n) is 6.26. The smallest absolute Gasteiger partial charge is 0.254 e. The van der Waals surface area contributed by atoms with Gasteiger partial charge in [-0.2, -0.15) is 0 Å². The molecule has 3 nitrogen and oxygen atoms in total. The monoisotopic (exact) mass is 286 g/mol. The van der Waals surface area contributed by atoms with Crippen LogP contribution in [0.1, 0.15) is 43.0 Å². The Morgan fingerprint density at radius 1 is 1.39 bits per heavy atom. The summed E-state index contributed by atoms with van der Waals surface area (Å²) in [6, 6.07) is 3.49. The van der Waals surface area contributed by atoms with Crippen LogP contribution in [0.15, 0.2) is 12.1 Å². The minimum atomic E-state index is 0.00718. The maximum absolute atomic E-state index is 12.5. The van der Waals surface area contributed by atoms with Crippen LogP contribution >= 0.6 is 23.2 Å². The Kier molecular flexibility index (Phi) is 4.46. The van der Waals surface area contributed by atoms with E-state index < -0.39 is 0 Å². The summed E-state index contributed by atoms with van der Waals surface area (Å²) in [5, 5.41) is 0.520. The van der Waals surface area contributed by atoms with Crippen LogP contribution in [0, 0.1) is 0 Å². The zero-order valence-corrected chi connectivity index (χ0v) is 11.8. The van der Waals surface area contributed by atoms with Crippen molar-refractivity contribution in [3.63, 3.8) is 0 Å². The second kappa shape index (κ2) is 5.89. The lowest BCUT2D eigenvalue weighted by molar-refractivity contribution is 0.0608. The highest BCUT2D eigenvalue weighted by molar-refractivity contribution is 6.33. The van der Waals surface area contributed by atoms with Gasteiger partial charge in [0.15, 0.2) is 0 Å². The molecular formula is C13H16Cl2N2O. The molecule has 1 amide bonds. The Morgan fingerprint density at radius 2 is 2.06 bits per heavy atom. The molecule has 98 valence electrons. The standard InChI is InChI=1S/C13H16Cl2N2O/c1-2-10-5-3-4-6-17(10)13(18)9-7-11(14)16-12(15)8-9/h7-8,10H,2-6H2,1H3. The molecule has 1 aromatic heterocycles. The number of rotatable bonds is 2. The molecule has 1 aliphatic rings. The molecule has 2 heterocycles. The maximum atomic E-state index is 12.5. The molecule has 1 fully saturated rings. The predicted molar refractivity (Wildman–Crippen MR) is 73.2 cm³/mol. The fourth-order valence-corrected chi connectivity index (χ4v) is 2.91. The van der Waals surface area contributed by atoms with Crippen molar-refractivity contribution < 1.29 is 4.79 Å². The molecule has 1 atom stereocenters. The van der Waals surface area contributed by atoms with Crippen molar-refractivity contribution in [1.29, 1.82) is 0 Å². The summed E-state index contributed by atoms with van der Waals surface area (Å²) in [4.78, 5) is 18.3. The van der Waals surface area contributed by atoms with Gasteiger partial charge in [-0.05, 0) is 37.8 Å². The summed E-state index contributed by atoms with van der Waals surface area (Å²) in [5.41, 5.74) is 0.528. The fourth-order valence-electron chi connectivity index (χ4n) is 2.45. The fraction of sp³-hybridized carbons (Fsp3) is 0.538. The van der Waals surface area contributed by atoms with E-state index >= 15 is 0 Å². The van der Waals surface area contributed by atoms with Crippen molar-refractivity contribution in [3.8, 4) is 0 Å². The van der Waals surface area contributed by atoms with Gasteiger partial charge in [-0.15, -0.1) is 0 Å². The number of hydrogen-bond donors (Lipinski definition) is 0. The van der Waals surface area contributed by atoms with Crippen LogP contribution in [-0.2, 0) is 0 Å². The normalized spacial score (nSPS) is 19.9. The van der Waals surface area contributed by atoms with Crippen LogP contribution in [0.4, 0.5) is 0 Å². The number of nitrogens with zero attached hydrogens (tertiary/aromatic N) is 2. The van der Waals surface area contributed by atoms with Gasteiger partial charge in [-0.1, -0.05) is 30.1 Å². The Bertz CT molecular complexity index is 430. The SMILES string of the molecule is CCC1CCCCN1C(=O)c1cc(Cl)nc(Cl)c1. The first-order chi connectivity index (χ1) is 8.61. The van der Waals surface area contributed by atoms with E-state index in [1.807, 2.05) is 4.90 Å². The Balaban J connectivity index is 2.23. The van der Waals surface area contributed by atoms with Crippen molar-refractivity contribution in [3.05, 3.63) is 28.0 Å². The zero-order valence-electron chi connectivity index (χ0n) is 10.3. The third-order valence-corrected chi connectivity index (χ3v) is 3.76. The van der Waals surface area contributed by atoms with Crippen LogP contribution < -0.4 is 0 Å². The number of hydrogen-bond acceptors (Lipinski definition) is 2. The van der Waals surface area contributed by atoms with Crippen molar-refractivity contribution in [2.24, 2.45) is 0 Å². The summed E-state index contributed by atoms with van der Waals surface area (Å²) in [6.07, 6.45) is 4.32. The maximum Gasteiger partial charge on any atom is 0.254 e. The van der Waals surface area contributed by atoms with Crippen molar-refractivity contribution in [2.45, 2.75) is 38.6 Å². The molecule has 0 N–H and O–H groups in total. The molecule has 0 aliphatic carbocycles. The van der Waals surface area contributed by atoms with E-state index in [2.05, 4.69) is 11.9 Å². The van der Waals surface area contributed by atoms with E-state index in [1.165, 1.54) is 6.42 Å². The van der Waals surface area contributed by atoms with Gasteiger partial charge in [0.1, 0.15) is 10.3 Å². The molecule has 1 unspecified atom stereocenters. The molecule has 0 spiro atoms. The minimum Gasteiger partial charge on any atom is -0.336 e. The number of piperidine rings is 1. The highest BCUT2D eigenvalue weighted by Crippen LogP contribution is 2.23. The number of carbonyl (C=O) groups excluding carboxylic acids is 1. The molecule has 1 aromatic rings. The first-order valence-corrected chi connectivity index (χ1v) is 7.01. The highest BCUT2D eigenvalue weighted by atomic mass is 35.5. The van der Waals surface area contributed by atoms with E-state index in [1.54, 1.807) is 12.1 Å². The van der Waals surface area contributed by atoms with Gasteiger partial charge in [0, 0.05) is 18.2 Å². The van der Waals surface area contributed by atoms with Crippen LogP contribution in [0.5, 0.6) is 0 Å². The van der Waals surface area contributed by atoms with Crippen molar-refractivity contribution in [2.75, 3.05) is 6.54 Å². The largest absolute Gasteiger partial charge is 0.336 e. The van der Waals surface area contributed by atoms with E-state index in [-0.39, 0.29) is 16.2 Å². The Labute approximate surface area is 117 Å². The summed E-state index contributed by atoms with van der Waals surface area (Å²) < 4.78 is 0. The van der Waals surface area contributed by atoms with Crippen LogP contribution in [0.2, 0.25) is 10.3 Å². The van der Waals surface area contributed by atoms with Gasteiger partial charge in [0.2, 0.25) is 0 Å². The summed E-state index contributed by atoms with van der Waals surface area (Å²) in [7, 11) is 0. The number of likely N-dealkylation sites (tertiary alicyclic amines) is 1. The van der Waals surface area contributed by atoms with Gasteiger partial charge in [-0.3, -0.25) is 4.79 Å². The van der Waals surface area contributed by atoms with Crippen molar-refractivity contribution >= 4 is 29.1 Å². The molecule has 5 heteroatoms. The lowest BCUT2D eigenvalue weighted by atomic mass is 9.99. The molecule has 0 aromatic carbocycles. The summed E-state index contributed by atoms with van der Waals surface area (Å²) in [6.45, 7) is 2.93. The lowest BCUT2D eigenvalue weighted by Crippen LogP contribution is -2.43. The van der Waals surface area contributed by atoms with Gasteiger partial charge in [0.05, 0.1) is 0 Å². The number of carbonyl (C=O) groups is 1. The molecule has 18 heavy (non-hydrogen) atoms. The van der Waals surface area contributed by atoms with E-state index in [0.29, 0.717) is 11.6 Å². The number of aromatic nitrogens is 1. The molecule has 2 rings (SSSR count). The molecule has 1 saturated heterocycles. The van der Waals surface area contributed by atoms with Crippen LogP contribution in [-0.4, -0.2) is 28.4 Å². The second-order valence-electron chi connectivity index (χ2n) is 4.56. The van der Waals surface area contributed by atoms with Crippen molar-refractivity contribution in [1.82, 2.24) is 9.88 Å². The predicted octanol–water partition coefficient (Wildman–Crippen LogP) is 3.79. The number of amides is 1. The van der Waals surface area contributed by atoms with Gasteiger partial charge >= 0.3 is 0 Å². The summed E-state index contributed by atoms with van der Waals surface area (Å²) >= 11 is 11.7. The third-order valence-electron chi connectivity index (χ3n) is 3.37. The zero-order chi connectivity index (χ0) is 13.1.